The number of aromatic nitrogens is 3. The summed E-state index contributed by atoms with van der Waals surface area (Å²) < 4.78 is 0. The zero-order valence-corrected chi connectivity index (χ0v) is 28.2. The Bertz CT molecular complexity index is 2960. The third-order valence-corrected chi connectivity index (χ3v) is 10.1. The second-order valence-corrected chi connectivity index (χ2v) is 13.3. The van der Waals surface area contributed by atoms with Gasteiger partial charge in [0.25, 0.3) is 0 Å². The van der Waals surface area contributed by atoms with Crippen molar-refractivity contribution in [1.82, 2.24) is 15.0 Å². The number of hydrogen-bond acceptors (Lipinski definition) is 3. The molecule has 9 aromatic carbocycles. The average molecular weight is 662 g/mol. The molecule has 0 amide bonds. The van der Waals surface area contributed by atoms with E-state index in [4.69, 9.17) is 15.0 Å². The zero-order chi connectivity index (χ0) is 34.4. The summed E-state index contributed by atoms with van der Waals surface area (Å²) in [5.41, 5.74) is 7.56. The Morgan fingerprint density at radius 3 is 1.46 bits per heavy atom. The predicted molar refractivity (Wildman–Crippen MR) is 217 cm³/mol. The average Bonchev–Trinajstić information content (AvgIpc) is 3.23. The lowest BCUT2D eigenvalue weighted by Crippen LogP contribution is -2.00. The fourth-order valence-electron chi connectivity index (χ4n) is 7.39. The molecular formula is C49H31N3. The number of rotatable bonds is 5. The van der Waals surface area contributed by atoms with Gasteiger partial charge in [-0.2, -0.15) is 0 Å². The van der Waals surface area contributed by atoms with Crippen LogP contribution >= 0.6 is 0 Å². The molecule has 0 aliphatic carbocycles. The van der Waals surface area contributed by atoms with Gasteiger partial charge in [-0.25, -0.2) is 15.0 Å². The minimum absolute atomic E-state index is 0.640. The van der Waals surface area contributed by atoms with Crippen LogP contribution in [0.1, 0.15) is 0 Å². The predicted octanol–water partition coefficient (Wildman–Crippen LogP) is 12.8. The molecule has 0 saturated carbocycles. The van der Waals surface area contributed by atoms with E-state index in [0.717, 1.165) is 38.6 Å². The Balaban J connectivity index is 1.11. The summed E-state index contributed by atoms with van der Waals surface area (Å²) in [6.07, 6.45) is 0. The summed E-state index contributed by atoms with van der Waals surface area (Å²) in [5.74, 6) is 1.94. The second-order valence-electron chi connectivity index (χ2n) is 13.3. The van der Waals surface area contributed by atoms with E-state index in [2.05, 4.69) is 188 Å². The summed E-state index contributed by atoms with van der Waals surface area (Å²) in [7, 11) is 0. The number of benzene rings is 9. The van der Waals surface area contributed by atoms with Crippen LogP contribution in [0.2, 0.25) is 0 Å². The fraction of sp³-hybridized carbons (Fsp3) is 0. The van der Waals surface area contributed by atoms with Crippen molar-refractivity contribution in [3.8, 4) is 56.4 Å². The van der Waals surface area contributed by atoms with Gasteiger partial charge in [0.2, 0.25) is 0 Å². The maximum absolute atomic E-state index is 5.17. The number of hydrogen-bond donors (Lipinski definition) is 0. The summed E-state index contributed by atoms with van der Waals surface area (Å²) in [6.45, 7) is 0. The maximum Gasteiger partial charge on any atom is 0.164 e. The minimum atomic E-state index is 0.640. The lowest BCUT2D eigenvalue weighted by Gasteiger charge is -2.12. The van der Waals surface area contributed by atoms with Gasteiger partial charge in [0.15, 0.2) is 17.5 Å². The van der Waals surface area contributed by atoms with Crippen LogP contribution in [0.3, 0.4) is 0 Å². The molecular weight excluding hydrogens is 631 g/mol. The van der Waals surface area contributed by atoms with Gasteiger partial charge in [0.05, 0.1) is 0 Å². The van der Waals surface area contributed by atoms with E-state index < -0.39 is 0 Å². The SMILES string of the molecule is c1ccc(-c2ccc3cc(-c4cccc(-c5nc(-c6ccc7ccc8ccccc8c7c6)nc(-c6cccc7ccccc67)n5)c4)ccc3c2)cc1. The van der Waals surface area contributed by atoms with Crippen molar-refractivity contribution in [1.29, 1.82) is 0 Å². The summed E-state index contributed by atoms with van der Waals surface area (Å²) in [4.78, 5) is 15.5. The monoisotopic (exact) mass is 661 g/mol. The highest BCUT2D eigenvalue weighted by molar-refractivity contribution is 6.08. The molecule has 3 heteroatoms. The summed E-state index contributed by atoms with van der Waals surface area (Å²) >= 11 is 0. The first-order valence-electron chi connectivity index (χ1n) is 17.6. The van der Waals surface area contributed by atoms with Crippen LogP contribution < -0.4 is 0 Å². The molecule has 0 N–H and O–H groups in total. The molecule has 242 valence electrons. The molecule has 0 aliphatic rings. The molecule has 52 heavy (non-hydrogen) atoms. The molecule has 0 fully saturated rings. The Labute approximate surface area is 301 Å². The molecule has 10 aromatic rings. The van der Waals surface area contributed by atoms with Crippen molar-refractivity contribution in [2.45, 2.75) is 0 Å². The first-order chi connectivity index (χ1) is 25.7. The Morgan fingerprint density at radius 1 is 0.231 bits per heavy atom. The highest BCUT2D eigenvalue weighted by atomic mass is 15.0. The lowest BCUT2D eigenvalue weighted by atomic mass is 9.97. The molecule has 0 bridgehead atoms. The van der Waals surface area contributed by atoms with E-state index in [-0.39, 0.29) is 0 Å². The Morgan fingerprint density at radius 2 is 0.692 bits per heavy atom. The molecule has 3 nitrogen and oxygen atoms in total. The highest BCUT2D eigenvalue weighted by Gasteiger charge is 2.16. The topological polar surface area (TPSA) is 38.7 Å². The summed E-state index contributed by atoms with van der Waals surface area (Å²) in [5, 5.41) is 9.46. The Kier molecular flexibility index (Phi) is 7.14. The molecule has 0 atom stereocenters. The second kappa shape index (κ2) is 12.4. The molecule has 0 unspecified atom stereocenters. The van der Waals surface area contributed by atoms with Crippen LogP contribution in [0.4, 0.5) is 0 Å². The molecule has 1 heterocycles. The van der Waals surface area contributed by atoms with Gasteiger partial charge in [-0.1, -0.05) is 164 Å². The van der Waals surface area contributed by atoms with Crippen LogP contribution in [-0.4, -0.2) is 15.0 Å². The van der Waals surface area contributed by atoms with E-state index in [0.29, 0.717) is 17.5 Å². The van der Waals surface area contributed by atoms with Gasteiger partial charge in [-0.05, 0) is 89.6 Å². The minimum Gasteiger partial charge on any atom is -0.208 e. The van der Waals surface area contributed by atoms with E-state index >= 15 is 0 Å². The van der Waals surface area contributed by atoms with E-state index in [1.807, 2.05) is 0 Å². The van der Waals surface area contributed by atoms with E-state index in [1.54, 1.807) is 0 Å². The van der Waals surface area contributed by atoms with Crippen molar-refractivity contribution in [3.05, 3.63) is 188 Å². The van der Waals surface area contributed by atoms with Crippen molar-refractivity contribution >= 4 is 43.1 Å². The van der Waals surface area contributed by atoms with E-state index in [1.165, 1.54) is 43.4 Å². The third-order valence-electron chi connectivity index (χ3n) is 10.1. The third kappa shape index (κ3) is 5.37. The fourth-order valence-corrected chi connectivity index (χ4v) is 7.39. The van der Waals surface area contributed by atoms with Crippen LogP contribution in [0.25, 0.3) is 99.5 Å². The van der Waals surface area contributed by atoms with Crippen LogP contribution in [0.15, 0.2) is 188 Å². The first-order valence-corrected chi connectivity index (χ1v) is 17.6. The van der Waals surface area contributed by atoms with Gasteiger partial charge in [0.1, 0.15) is 0 Å². The highest BCUT2D eigenvalue weighted by Crippen LogP contribution is 2.34. The van der Waals surface area contributed by atoms with E-state index in [9.17, 15) is 0 Å². The molecule has 0 aliphatic heterocycles. The maximum atomic E-state index is 5.17. The normalized spacial score (nSPS) is 11.5. The van der Waals surface area contributed by atoms with Crippen molar-refractivity contribution in [3.63, 3.8) is 0 Å². The van der Waals surface area contributed by atoms with Crippen LogP contribution in [-0.2, 0) is 0 Å². The van der Waals surface area contributed by atoms with Crippen LogP contribution in [0.5, 0.6) is 0 Å². The summed E-state index contributed by atoms with van der Waals surface area (Å²) in [6, 6.07) is 66.5. The molecule has 0 saturated heterocycles. The largest absolute Gasteiger partial charge is 0.208 e. The molecule has 0 radical (unpaired) electrons. The smallest absolute Gasteiger partial charge is 0.164 e. The van der Waals surface area contributed by atoms with Crippen molar-refractivity contribution < 1.29 is 0 Å². The number of fused-ring (bicyclic) bond motifs is 5. The van der Waals surface area contributed by atoms with Gasteiger partial charge in [-0.3, -0.25) is 0 Å². The number of nitrogens with zero attached hydrogens (tertiary/aromatic N) is 3. The van der Waals surface area contributed by atoms with Gasteiger partial charge in [0, 0.05) is 16.7 Å². The molecule has 1 aromatic heterocycles. The van der Waals surface area contributed by atoms with Crippen LogP contribution in [0, 0.1) is 0 Å². The van der Waals surface area contributed by atoms with Gasteiger partial charge >= 0.3 is 0 Å². The zero-order valence-electron chi connectivity index (χ0n) is 28.2. The quantitative estimate of drug-likeness (QED) is 0.172. The molecule has 0 spiro atoms. The van der Waals surface area contributed by atoms with Crippen molar-refractivity contribution in [2.24, 2.45) is 0 Å². The standard InChI is InChI=1S/C49H31N3/c1-2-10-32(11-3-1)37-23-24-40-29-38(25-26-39(40)28-37)36-15-8-16-41(30-36)47-50-48(52-49(51-47)45-19-9-14-33-12-4-6-17-43(33)45)42-27-22-35-21-20-34-13-5-7-18-44(34)46(35)31-42/h1-31H. The molecule has 10 rings (SSSR count). The van der Waals surface area contributed by atoms with Gasteiger partial charge < -0.3 is 0 Å². The first kappa shape index (κ1) is 29.9. The van der Waals surface area contributed by atoms with Gasteiger partial charge in [-0.15, -0.1) is 0 Å². The lowest BCUT2D eigenvalue weighted by molar-refractivity contribution is 1.08. The Hall–Kier alpha value is -6.97. The van der Waals surface area contributed by atoms with Crippen molar-refractivity contribution in [2.75, 3.05) is 0 Å².